The first-order valence-electron chi connectivity index (χ1n) is 7.50. The van der Waals surface area contributed by atoms with Crippen LogP contribution in [-0.4, -0.2) is 66.7 Å². The monoisotopic (exact) mass is 283 g/mol. The van der Waals surface area contributed by atoms with Gasteiger partial charge < -0.3 is 20.2 Å². The maximum atomic E-state index is 12.1. The Labute approximate surface area is 120 Å². The molecule has 2 saturated heterocycles. The predicted octanol–water partition coefficient (Wildman–Crippen LogP) is 0.834. The molecule has 6 heteroatoms. The van der Waals surface area contributed by atoms with E-state index in [1.54, 1.807) is 4.90 Å². The van der Waals surface area contributed by atoms with Crippen LogP contribution in [0.3, 0.4) is 0 Å². The molecule has 2 heterocycles. The molecule has 2 N–H and O–H groups in total. The van der Waals surface area contributed by atoms with Crippen LogP contribution in [0.15, 0.2) is 0 Å². The van der Waals surface area contributed by atoms with Crippen LogP contribution in [0.5, 0.6) is 0 Å². The van der Waals surface area contributed by atoms with Crippen molar-refractivity contribution in [2.45, 2.75) is 25.7 Å². The van der Waals surface area contributed by atoms with Gasteiger partial charge in [0, 0.05) is 26.2 Å². The summed E-state index contributed by atoms with van der Waals surface area (Å²) in [6, 6.07) is -0.107. The number of rotatable bonds is 3. The molecule has 0 radical (unpaired) electrons. The van der Waals surface area contributed by atoms with Gasteiger partial charge in [0.25, 0.3) is 0 Å². The third-order valence-electron chi connectivity index (χ3n) is 4.32. The number of carboxylic acid groups (broad SMARTS) is 1. The van der Waals surface area contributed by atoms with Gasteiger partial charge in [0.15, 0.2) is 0 Å². The van der Waals surface area contributed by atoms with Crippen LogP contribution in [0, 0.1) is 11.8 Å². The van der Waals surface area contributed by atoms with Gasteiger partial charge in [-0.15, -0.1) is 0 Å². The highest BCUT2D eigenvalue weighted by Crippen LogP contribution is 2.17. The number of carbonyl (C=O) groups excluding carboxylic acids is 1. The quantitative estimate of drug-likeness (QED) is 0.805. The molecular formula is C14H25N3O3. The highest BCUT2D eigenvalue weighted by atomic mass is 16.4. The van der Waals surface area contributed by atoms with Crippen LogP contribution >= 0.6 is 0 Å². The zero-order chi connectivity index (χ0) is 14.5. The second kappa shape index (κ2) is 6.92. The molecule has 20 heavy (non-hydrogen) atoms. The Morgan fingerprint density at radius 2 is 1.95 bits per heavy atom. The number of piperidine rings is 2. The first-order chi connectivity index (χ1) is 9.56. The SMILES string of the molecule is CN1CCCC(CNC(=O)N2CCC[C@H](C(=O)O)C2)C1. The van der Waals surface area contributed by atoms with Gasteiger partial charge in [-0.3, -0.25) is 4.79 Å². The minimum absolute atomic E-state index is 0.107. The van der Waals surface area contributed by atoms with E-state index in [0.29, 0.717) is 32.0 Å². The van der Waals surface area contributed by atoms with E-state index in [1.165, 1.54) is 6.42 Å². The minimum Gasteiger partial charge on any atom is -0.481 e. The third kappa shape index (κ3) is 4.10. The summed E-state index contributed by atoms with van der Waals surface area (Å²) in [6.07, 6.45) is 3.79. The van der Waals surface area contributed by atoms with E-state index in [-0.39, 0.29) is 6.03 Å². The Morgan fingerprint density at radius 3 is 2.65 bits per heavy atom. The Balaban J connectivity index is 1.75. The summed E-state index contributed by atoms with van der Waals surface area (Å²) >= 11 is 0. The molecule has 0 aliphatic carbocycles. The summed E-state index contributed by atoms with van der Waals surface area (Å²) in [6.45, 7) is 3.86. The molecule has 2 rings (SSSR count). The lowest BCUT2D eigenvalue weighted by Gasteiger charge is -2.33. The number of amides is 2. The molecule has 2 aliphatic heterocycles. The molecule has 0 aromatic rings. The fourth-order valence-corrected chi connectivity index (χ4v) is 3.15. The lowest BCUT2D eigenvalue weighted by Crippen LogP contribution is -2.49. The van der Waals surface area contributed by atoms with Crippen LogP contribution in [0.4, 0.5) is 4.79 Å². The van der Waals surface area contributed by atoms with E-state index in [1.807, 2.05) is 0 Å². The van der Waals surface area contributed by atoms with Crippen LogP contribution in [0.1, 0.15) is 25.7 Å². The number of carbonyl (C=O) groups is 2. The average Bonchev–Trinajstić information content (AvgIpc) is 2.45. The maximum absolute atomic E-state index is 12.1. The van der Waals surface area contributed by atoms with Gasteiger partial charge in [-0.2, -0.15) is 0 Å². The van der Waals surface area contributed by atoms with Crippen molar-refractivity contribution in [3.05, 3.63) is 0 Å². The van der Waals surface area contributed by atoms with E-state index >= 15 is 0 Å². The van der Waals surface area contributed by atoms with E-state index in [4.69, 9.17) is 5.11 Å². The summed E-state index contributed by atoms with van der Waals surface area (Å²) in [5.74, 6) is -0.690. The zero-order valence-electron chi connectivity index (χ0n) is 12.2. The molecule has 2 fully saturated rings. The fourth-order valence-electron chi connectivity index (χ4n) is 3.15. The standard InChI is InChI=1S/C14H25N3O3/c1-16-6-2-4-11(9-16)8-15-14(20)17-7-3-5-12(10-17)13(18)19/h11-12H,2-10H2,1H3,(H,15,20)(H,18,19)/t11?,12-/m0/s1. The number of hydrogen-bond donors (Lipinski definition) is 2. The molecule has 0 aromatic heterocycles. The first kappa shape index (κ1) is 15.1. The van der Waals surface area contributed by atoms with Crippen LogP contribution in [-0.2, 0) is 4.79 Å². The largest absolute Gasteiger partial charge is 0.481 e. The van der Waals surface area contributed by atoms with Gasteiger partial charge in [-0.1, -0.05) is 0 Å². The lowest BCUT2D eigenvalue weighted by atomic mass is 9.98. The molecule has 0 saturated carbocycles. The van der Waals surface area contributed by atoms with Gasteiger partial charge >= 0.3 is 12.0 Å². The molecular weight excluding hydrogens is 258 g/mol. The first-order valence-corrected chi connectivity index (χ1v) is 7.50. The summed E-state index contributed by atoms with van der Waals surface area (Å²) < 4.78 is 0. The second-order valence-electron chi connectivity index (χ2n) is 6.08. The number of hydrogen-bond acceptors (Lipinski definition) is 3. The maximum Gasteiger partial charge on any atom is 0.317 e. The number of likely N-dealkylation sites (tertiary alicyclic amines) is 2. The highest BCUT2D eigenvalue weighted by molar-refractivity contribution is 5.76. The number of urea groups is 1. The smallest absolute Gasteiger partial charge is 0.317 e. The van der Waals surface area contributed by atoms with Crippen molar-refractivity contribution in [1.82, 2.24) is 15.1 Å². The molecule has 1 unspecified atom stereocenters. The summed E-state index contributed by atoms with van der Waals surface area (Å²) in [7, 11) is 2.11. The molecule has 6 nitrogen and oxygen atoms in total. The van der Waals surface area contributed by atoms with Crippen LogP contribution in [0.25, 0.3) is 0 Å². The van der Waals surface area contributed by atoms with Gasteiger partial charge in [-0.25, -0.2) is 4.79 Å². The highest BCUT2D eigenvalue weighted by Gasteiger charge is 2.28. The molecule has 2 aliphatic rings. The molecule has 2 atom stereocenters. The Bertz CT molecular complexity index is 362. The average molecular weight is 283 g/mol. The number of nitrogens with zero attached hydrogens (tertiary/aromatic N) is 2. The molecule has 0 aromatic carbocycles. The normalized spacial score (nSPS) is 28.1. The van der Waals surface area contributed by atoms with Crippen molar-refractivity contribution in [1.29, 1.82) is 0 Å². The number of carboxylic acids is 1. The molecule has 0 bridgehead atoms. The van der Waals surface area contributed by atoms with Crippen molar-refractivity contribution in [3.63, 3.8) is 0 Å². The van der Waals surface area contributed by atoms with Gasteiger partial charge in [0.1, 0.15) is 0 Å². The van der Waals surface area contributed by atoms with Crippen molar-refractivity contribution in [2.75, 3.05) is 39.8 Å². The van der Waals surface area contributed by atoms with Gasteiger partial charge in [-0.05, 0) is 45.2 Å². The van der Waals surface area contributed by atoms with Crippen LogP contribution < -0.4 is 5.32 Å². The predicted molar refractivity (Wildman–Crippen MR) is 75.6 cm³/mol. The van der Waals surface area contributed by atoms with Crippen molar-refractivity contribution < 1.29 is 14.7 Å². The minimum atomic E-state index is -0.795. The molecule has 0 spiro atoms. The Kier molecular flexibility index (Phi) is 5.23. The second-order valence-corrected chi connectivity index (χ2v) is 6.08. The van der Waals surface area contributed by atoms with E-state index < -0.39 is 11.9 Å². The third-order valence-corrected chi connectivity index (χ3v) is 4.32. The van der Waals surface area contributed by atoms with Crippen molar-refractivity contribution in [3.8, 4) is 0 Å². The number of aliphatic carboxylic acids is 1. The zero-order valence-corrected chi connectivity index (χ0v) is 12.2. The lowest BCUT2D eigenvalue weighted by molar-refractivity contribution is -0.143. The molecule has 2 amide bonds. The van der Waals surface area contributed by atoms with E-state index in [2.05, 4.69) is 17.3 Å². The van der Waals surface area contributed by atoms with Gasteiger partial charge in [0.05, 0.1) is 5.92 Å². The number of nitrogens with one attached hydrogen (secondary N) is 1. The Morgan fingerprint density at radius 1 is 1.20 bits per heavy atom. The summed E-state index contributed by atoms with van der Waals surface area (Å²) in [4.78, 5) is 27.0. The van der Waals surface area contributed by atoms with E-state index in [0.717, 1.165) is 25.9 Å². The topological polar surface area (TPSA) is 72.9 Å². The summed E-state index contributed by atoms with van der Waals surface area (Å²) in [5.41, 5.74) is 0. The van der Waals surface area contributed by atoms with E-state index in [9.17, 15) is 9.59 Å². The molecule has 114 valence electrons. The fraction of sp³-hybridized carbons (Fsp3) is 0.857. The van der Waals surface area contributed by atoms with Crippen molar-refractivity contribution in [2.24, 2.45) is 11.8 Å². The van der Waals surface area contributed by atoms with Crippen molar-refractivity contribution >= 4 is 12.0 Å². The van der Waals surface area contributed by atoms with Crippen LogP contribution in [0.2, 0.25) is 0 Å². The Hall–Kier alpha value is -1.30. The van der Waals surface area contributed by atoms with Gasteiger partial charge in [0.2, 0.25) is 0 Å². The summed E-state index contributed by atoms with van der Waals surface area (Å²) in [5, 5.41) is 12.0.